The van der Waals surface area contributed by atoms with Crippen LogP contribution < -0.4 is 11.2 Å². The van der Waals surface area contributed by atoms with Crippen molar-refractivity contribution in [2.24, 2.45) is 10.8 Å². The third-order valence-electron chi connectivity index (χ3n) is 1.36. The molecule has 0 atom stereocenters. The van der Waals surface area contributed by atoms with E-state index in [9.17, 15) is 4.39 Å². The first-order valence-corrected chi connectivity index (χ1v) is 4.42. The van der Waals surface area contributed by atoms with Crippen LogP contribution in [0.25, 0.3) is 0 Å². The molecule has 0 aromatic heterocycles. The van der Waals surface area contributed by atoms with Gasteiger partial charge in [0.05, 0.1) is 11.2 Å². The fraction of sp³-hybridized carbons (Fsp3) is 0. The maximum absolute atomic E-state index is 12.9. The predicted octanol–water partition coefficient (Wildman–Crippen LogP) is 1.65. The van der Waals surface area contributed by atoms with Crippen LogP contribution in [0.2, 0.25) is 5.02 Å². The van der Waals surface area contributed by atoms with Crippen molar-refractivity contribution < 1.29 is 4.39 Å². The van der Waals surface area contributed by atoms with E-state index in [2.05, 4.69) is 22.7 Å². The summed E-state index contributed by atoms with van der Waals surface area (Å²) in [6.07, 6.45) is 1.34. The van der Waals surface area contributed by atoms with Crippen molar-refractivity contribution in [3.05, 3.63) is 34.6 Å². The molecule has 0 saturated heterocycles. The molecule has 74 valence electrons. The van der Waals surface area contributed by atoms with Crippen molar-refractivity contribution >= 4 is 35.1 Å². The number of nitrogens with two attached hydrogens (primary N) is 1. The molecule has 0 spiro atoms. The summed E-state index contributed by atoms with van der Waals surface area (Å²) < 4.78 is 12.9. The highest BCUT2D eigenvalue weighted by atomic mass is 35.5. The van der Waals surface area contributed by atoms with Gasteiger partial charge in [0.2, 0.25) is 0 Å². The molecule has 0 heterocycles. The smallest absolute Gasteiger partial charge is 0.184 e. The first-order valence-electron chi connectivity index (χ1n) is 3.64. The topological polar surface area (TPSA) is 50.4 Å². The summed E-state index contributed by atoms with van der Waals surface area (Å²) in [6.45, 7) is 0. The molecule has 0 aliphatic heterocycles. The molecule has 1 rings (SSSR count). The minimum Gasteiger partial charge on any atom is -0.375 e. The van der Waals surface area contributed by atoms with Crippen molar-refractivity contribution in [2.75, 3.05) is 0 Å². The summed E-state index contributed by atoms with van der Waals surface area (Å²) in [5.74, 6) is -0.494. The highest BCUT2D eigenvalue weighted by Crippen LogP contribution is 2.17. The SMILES string of the molecule is NC(=S)NN=Cc1cccc(F)c1Cl. The average molecular weight is 232 g/mol. The van der Waals surface area contributed by atoms with Crippen molar-refractivity contribution in [1.82, 2.24) is 5.43 Å². The van der Waals surface area contributed by atoms with Crippen LogP contribution in [-0.4, -0.2) is 11.3 Å². The van der Waals surface area contributed by atoms with Gasteiger partial charge in [-0.15, -0.1) is 0 Å². The van der Waals surface area contributed by atoms with Gasteiger partial charge in [0, 0.05) is 5.56 Å². The Bertz CT molecular complexity index is 381. The van der Waals surface area contributed by atoms with Gasteiger partial charge in [-0.05, 0) is 18.3 Å². The van der Waals surface area contributed by atoms with Crippen LogP contribution in [0, 0.1) is 5.82 Å². The number of benzene rings is 1. The minimum absolute atomic E-state index is 0.0148. The number of nitrogens with one attached hydrogen (secondary N) is 1. The number of thiocarbonyl (C=S) groups is 1. The zero-order valence-electron chi connectivity index (χ0n) is 7.00. The standard InChI is InChI=1S/C8H7ClFN3S/c9-7-5(2-1-3-6(7)10)4-12-13-8(11)14/h1-4H,(H3,11,13,14). The van der Waals surface area contributed by atoms with Crippen LogP contribution >= 0.6 is 23.8 Å². The molecule has 0 aliphatic carbocycles. The maximum Gasteiger partial charge on any atom is 0.184 e. The second kappa shape index (κ2) is 4.88. The summed E-state index contributed by atoms with van der Waals surface area (Å²) in [5, 5.41) is 3.70. The quantitative estimate of drug-likeness (QED) is 0.462. The molecule has 0 bridgehead atoms. The molecule has 0 amide bonds. The van der Waals surface area contributed by atoms with Crippen LogP contribution in [0.4, 0.5) is 4.39 Å². The van der Waals surface area contributed by atoms with Gasteiger partial charge in [0.15, 0.2) is 5.11 Å². The third kappa shape index (κ3) is 2.93. The largest absolute Gasteiger partial charge is 0.375 e. The fourth-order valence-corrected chi connectivity index (χ4v) is 1.01. The molecule has 0 unspecified atom stereocenters. The zero-order chi connectivity index (χ0) is 10.6. The van der Waals surface area contributed by atoms with Gasteiger partial charge in [-0.3, -0.25) is 5.43 Å². The van der Waals surface area contributed by atoms with Crippen LogP contribution in [0.1, 0.15) is 5.56 Å². The van der Waals surface area contributed by atoms with E-state index in [-0.39, 0.29) is 10.1 Å². The van der Waals surface area contributed by atoms with Gasteiger partial charge in [0.1, 0.15) is 5.82 Å². The first kappa shape index (κ1) is 10.9. The molecular weight excluding hydrogens is 225 g/mol. The monoisotopic (exact) mass is 231 g/mol. The number of nitrogens with zero attached hydrogens (tertiary/aromatic N) is 1. The van der Waals surface area contributed by atoms with Crippen LogP contribution in [0.3, 0.4) is 0 Å². The van der Waals surface area contributed by atoms with Gasteiger partial charge in [0.25, 0.3) is 0 Å². The molecule has 0 fully saturated rings. The lowest BCUT2D eigenvalue weighted by atomic mass is 10.2. The summed E-state index contributed by atoms with van der Waals surface area (Å²) in [5.41, 5.74) is 7.92. The molecule has 1 aromatic carbocycles. The average Bonchev–Trinajstić information content (AvgIpc) is 2.12. The molecule has 0 aliphatic rings. The van der Waals surface area contributed by atoms with Crippen molar-refractivity contribution in [2.45, 2.75) is 0 Å². The van der Waals surface area contributed by atoms with Crippen molar-refractivity contribution in [3.8, 4) is 0 Å². The Kier molecular flexibility index (Phi) is 3.79. The molecule has 1 aromatic rings. The lowest BCUT2D eigenvalue weighted by molar-refractivity contribution is 0.628. The summed E-state index contributed by atoms with van der Waals surface area (Å²) in [4.78, 5) is 0. The molecule has 3 nitrogen and oxygen atoms in total. The van der Waals surface area contributed by atoms with Crippen LogP contribution in [0.5, 0.6) is 0 Å². The Balaban J connectivity index is 2.81. The lowest BCUT2D eigenvalue weighted by Crippen LogP contribution is -2.24. The lowest BCUT2D eigenvalue weighted by Gasteiger charge is -1.98. The van der Waals surface area contributed by atoms with E-state index < -0.39 is 5.82 Å². The molecule has 6 heteroatoms. The van der Waals surface area contributed by atoms with E-state index in [1.807, 2.05) is 0 Å². The van der Waals surface area contributed by atoms with E-state index in [4.69, 9.17) is 17.3 Å². The van der Waals surface area contributed by atoms with Crippen molar-refractivity contribution in [3.63, 3.8) is 0 Å². The van der Waals surface area contributed by atoms with E-state index in [0.717, 1.165) is 0 Å². The Hall–Kier alpha value is -1.20. The number of hydrogen-bond donors (Lipinski definition) is 2. The highest BCUT2D eigenvalue weighted by molar-refractivity contribution is 7.80. The highest BCUT2D eigenvalue weighted by Gasteiger charge is 2.02. The Morgan fingerprint density at radius 3 is 3.00 bits per heavy atom. The van der Waals surface area contributed by atoms with Crippen molar-refractivity contribution in [1.29, 1.82) is 0 Å². The molecular formula is C8H7ClFN3S. The third-order valence-corrected chi connectivity index (χ3v) is 1.85. The van der Waals surface area contributed by atoms with E-state index in [1.54, 1.807) is 6.07 Å². The van der Waals surface area contributed by atoms with Gasteiger partial charge in [-0.1, -0.05) is 23.7 Å². The minimum atomic E-state index is -0.494. The molecule has 3 N–H and O–H groups in total. The van der Waals surface area contributed by atoms with E-state index >= 15 is 0 Å². The normalized spacial score (nSPS) is 10.4. The Morgan fingerprint density at radius 2 is 2.36 bits per heavy atom. The zero-order valence-corrected chi connectivity index (χ0v) is 8.57. The van der Waals surface area contributed by atoms with Gasteiger partial charge in [-0.2, -0.15) is 5.10 Å². The number of hydrogen-bond acceptors (Lipinski definition) is 2. The Morgan fingerprint density at radius 1 is 1.64 bits per heavy atom. The number of halogens is 2. The van der Waals surface area contributed by atoms with Gasteiger partial charge >= 0.3 is 0 Å². The van der Waals surface area contributed by atoms with Crippen LogP contribution in [-0.2, 0) is 0 Å². The summed E-state index contributed by atoms with van der Waals surface area (Å²) in [6, 6.07) is 4.42. The second-order valence-corrected chi connectivity index (χ2v) is 3.20. The maximum atomic E-state index is 12.9. The Labute approximate surface area is 90.7 Å². The van der Waals surface area contributed by atoms with Gasteiger partial charge in [-0.25, -0.2) is 4.39 Å². The predicted molar refractivity (Wildman–Crippen MR) is 58.9 cm³/mol. The summed E-state index contributed by atoms with van der Waals surface area (Å²) in [7, 11) is 0. The molecule has 14 heavy (non-hydrogen) atoms. The number of hydrazone groups is 1. The number of rotatable bonds is 2. The van der Waals surface area contributed by atoms with E-state index in [1.165, 1.54) is 18.3 Å². The fourth-order valence-electron chi connectivity index (χ4n) is 0.786. The molecule has 0 saturated carbocycles. The van der Waals surface area contributed by atoms with E-state index in [0.29, 0.717) is 5.56 Å². The first-order chi connectivity index (χ1) is 6.61. The molecule has 0 radical (unpaired) electrons. The van der Waals surface area contributed by atoms with Gasteiger partial charge < -0.3 is 5.73 Å². The van der Waals surface area contributed by atoms with Crippen LogP contribution in [0.15, 0.2) is 23.3 Å². The second-order valence-electron chi connectivity index (χ2n) is 2.38. The summed E-state index contributed by atoms with van der Waals surface area (Å²) >= 11 is 10.2.